The molecule has 0 aromatic rings. The summed E-state index contributed by atoms with van der Waals surface area (Å²) in [6.07, 6.45) is -4.33. The number of hydrogen-bond donors (Lipinski definition) is 4. The molecule has 0 amide bonds. The average Bonchev–Trinajstić information content (AvgIpc) is 3.14. The number of aliphatic carboxylic acids is 2. The summed E-state index contributed by atoms with van der Waals surface area (Å²) < 4.78 is 68.4. The van der Waals surface area contributed by atoms with Crippen molar-refractivity contribution < 1.29 is 55.7 Å². The van der Waals surface area contributed by atoms with Crippen molar-refractivity contribution in [1.82, 2.24) is 5.32 Å². The van der Waals surface area contributed by atoms with Crippen molar-refractivity contribution in [2.75, 3.05) is 20.2 Å². The highest BCUT2D eigenvalue weighted by Gasteiger charge is 2.39. The molecule has 2 atom stereocenters. The Kier molecular flexibility index (Phi) is 13.0. The van der Waals surface area contributed by atoms with Gasteiger partial charge in [-0.05, 0) is 19.3 Å². The SMILES string of the molecule is COC(=O)C(CNC1=NCCC1)C1CCCCC(N)=N1.O=C(O)C(F)(F)F.O=C(O)C(F)(F)F. The van der Waals surface area contributed by atoms with Crippen LogP contribution in [0.5, 0.6) is 0 Å². The third-order valence-corrected chi connectivity index (χ3v) is 4.37. The Morgan fingerprint density at radius 2 is 1.59 bits per heavy atom. The fraction of sp³-hybridized carbons (Fsp3) is 0.722. The molecule has 0 saturated heterocycles. The summed E-state index contributed by atoms with van der Waals surface area (Å²) in [7, 11) is 1.42. The Bertz CT molecular complexity index is 730. The summed E-state index contributed by atoms with van der Waals surface area (Å²) >= 11 is 0. The Hall–Kier alpha value is -3.07. The molecule has 196 valence electrons. The van der Waals surface area contributed by atoms with Crippen LogP contribution in [0.15, 0.2) is 9.98 Å². The van der Waals surface area contributed by atoms with E-state index in [4.69, 9.17) is 30.3 Å². The standard InChI is InChI=1S/C14H24N4O2.2C2HF3O2/c1-20-14(19)10(9-17-13-7-4-8-16-13)11-5-2-3-6-12(15)18-11;2*3-2(4,5)1(6)7/h10-11H,2-9H2,1H3,(H2,15,18)(H,16,17);2*(H,6,7). The first-order valence-corrected chi connectivity index (χ1v) is 9.87. The summed E-state index contributed by atoms with van der Waals surface area (Å²) in [6.45, 7) is 1.40. The number of carboxylic acids is 2. The van der Waals surface area contributed by atoms with Crippen molar-refractivity contribution in [3.63, 3.8) is 0 Å². The van der Waals surface area contributed by atoms with E-state index in [1.807, 2.05) is 0 Å². The lowest BCUT2D eigenvalue weighted by atomic mass is 9.95. The quantitative estimate of drug-likeness (QED) is 0.331. The molecule has 2 heterocycles. The van der Waals surface area contributed by atoms with Crippen LogP contribution >= 0.6 is 0 Å². The lowest BCUT2D eigenvalue weighted by Gasteiger charge is -2.22. The number of carbonyl (C=O) groups excluding carboxylic acids is 1. The molecule has 2 aliphatic rings. The summed E-state index contributed by atoms with van der Waals surface area (Å²) in [5, 5.41) is 17.5. The predicted molar refractivity (Wildman–Crippen MR) is 106 cm³/mol. The van der Waals surface area contributed by atoms with Crippen LogP contribution in [0.2, 0.25) is 0 Å². The maximum absolute atomic E-state index is 12.0. The topological polar surface area (TPSA) is 164 Å². The Balaban J connectivity index is 0.000000642. The van der Waals surface area contributed by atoms with Gasteiger partial charge in [-0.2, -0.15) is 26.3 Å². The highest BCUT2D eigenvalue weighted by molar-refractivity contribution is 5.84. The first-order valence-electron chi connectivity index (χ1n) is 9.87. The third-order valence-electron chi connectivity index (χ3n) is 4.37. The zero-order valence-corrected chi connectivity index (χ0v) is 18.1. The maximum atomic E-state index is 12.0. The van der Waals surface area contributed by atoms with Gasteiger partial charge in [-0.1, -0.05) is 6.42 Å². The molecule has 2 rings (SSSR count). The minimum absolute atomic E-state index is 0.0838. The second kappa shape index (κ2) is 14.2. The lowest BCUT2D eigenvalue weighted by Crippen LogP contribution is -2.39. The molecule has 0 aliphatic carbocycles. The summed E-state index contributed by atoms with van der Waals surface area (Å²) in [5.74, 6) is -4.39. The molecule has 2 unspecified atom stereocenters. The van der Waals surface area contributed by atoms with E-state index in [9.17, 15) is 31.1 Å². The number of methoxy groups -OCH3 is 1. The number of nitrogens with one attached hydrogen (secondary N) is 1. The van der Waals surface area contributed by atoms with Gasteiger partial charge in [-0.3, -0.25) is 14.8 Å². The van der Waals surface area contributed by atoms with Gasteiger partial charge in [0, 0.05) is 25.9 Å². The van der Waals surface area contributed by atoms with Gasteiger partial charge in [-0.25, -0.2) is 9.59 Å². The Morgan fingerprint density at radius 3 is 2.00 bits per heavy atom. The van der Waals surface area contributed by atoms with E-state index >= 15 is 0 Å². The number of alkyl halides is 6. The normalized spacial score (nSPS) is 19.0. The van der Waals surface area contributed by atoms with Gasteiger partial charge in [0.15, 0.2) is 0 Å². The van der Waals surface area contributed by atoms with Crippen molar-refractivity contribution >= 4 is 29.6 Å². The molecule has 0 radical (unpaired) electrons. The average molecular weight is 508 g/mol. The lowest BCUT2D eigenvalue weighted by molar-refractivity contribution is -0.193. The maximum Gasteiger partial charge on any atom is 0.490 e. The van der Waals surface area contributed by atoms with Gasteiger partial charge in [0.25, 0.3) is 0 Å². The van der Waals surface area contributed by atoms with Crippen LogP contribution in [-0.2, 0) is 19.1 Å². The number of nitrogens with two attached hydrogens (primary N) is 1. The highest BCUT2D eigenvalue weighted by Crippen LogP contribution is 2.20. The van der Waals surface area contributed by atoms with Crippen molar-refractivity contribution in [2.45, 2.75) is 56.9 Å². The zero-order valence-electron chi connectivity index (χ0n) is 18.1. The summed E-state index contributed by atoms with van der Waals surface area (Å²) in [4.78, 5) is 38.7. The molecule has 10 nitrogen and oxygen atoms in total. The molecule has 0 saturated carbocycles. The highest BCUT2D eigenvalue weighted by atomic mass is 19.4. The number of carboxylic acid groups (broad SMARTS) is 2. The fourth-order valence-corrected chi connectivity index (χ4v) is 2.73. The van der Waals surface area contributed by atoms with E-state index < -0.39 is 24.3 Å². The van der Waals surface area contributed by atoms with Crippen LogP contribution in [0.25, 0.3) is 0 Å². The third kappa shape index (κ3) is 12.8. The summed E-state index contributed by atoms with van der Waals surface area (Å²) in [6, 6.07) is -0.0838. The first-order chi connectivity index (χ1) is 15.6. The molecule has 16 heteroatoms. The van der Waals surface area contributed by atoms with Gasteiger partial charge >= 0.3 is 30.3 Å². The first kappa shape index (κ1) is 30.9. The fourth-order valence-electron chi connectivity index (χ4n) is 2.73. The van der Waals surface area contributed by atoms with Crippen LogP contribution < -0.4 is 11.1 Å². The van der Waals surface area contributed by atoms with Crippen molar-refractivity contribution in [3.8, 4) is 0 Å². The van der Waals surface area contributed by atoms with Crippen molar-refractivity contribution in [3.05, 3.63) is 0 Å². The number of nitrogens with zero attached hydrogens (tertiary/aromatic N) is 2. The van der Waals surface area contributed by atoms with Crippen molar-refractivity contribution in [1.29, 1.82) is 0 Å². The van der Waals surface area contributed by atoms with E-state index in [-0.39, 0.29) is 17.9 Å². The number of aliphatic imine (C=N–C) groups is 2. The smallest absolute Gasteiger partial charge is 0.475 e. The molecule has 34 heavy (non-hydrogen) atoms. The van der Waals surface area contributed by atoms with Crippen LogP contribution in [0.4, 0.5) is 26.3 Å². The van der Waals surface area contributed by atoms with Gasteiger partial charge in [0.05, 0.1) is 30.7 Å². The monoisotopic (exact) mass is 508 g/mol. The molecule has 0 aromatic carbocycles. The van der Waals surface area contributed by atoms with Gasteiger partial charge in [0.2, 0.25) is 0 Å². The Labute approximate surface area is 190 Å². The van der Waals surface area contributed by atoms with Gasteiger partial charge in [0.1, 0.15) is 0 Å². The molecule has 0 fully saturated rings. The van der Waals surface area contributed by atoms with Crippen LogP contribution in [-0.4, -0.2) is 78.4 Å². The van der Waals surface area contributed by atoms with Crippen LogP contribution in [0.1, 0.15) is 38.5 Å². The Morgan fingerprint density at radius 1 is 1.06 bits per heavy atom. The largest absolute Gasteiger partial charge is 0.490 e. The van der Waals surface area contributed by atoms with Gasteiger partial charge < -0.3 is 26.0 Å². The molecular formula is C18H26F6N4O6. The van der Waals surface area contributed by atoms with Gasteiger partial charge in [-0.15, -0.1) is 0 Å². The number of esters is 1. The van der Waals surface area contributed by atoms with E-state index in [0.29, 0.717) is 12.4 Å². The number of ether oxygens (including phenoxy) is 1. The molecule has 5 N–H and O–H groups in total. The van der Waals surface area contributed by atoms with E-state index in [2.05, 4.69) is 15.3 Å². The molecule has 2 aliphatic heterocycles. The van der Waals surface area contributed by atoms with E-state index in [0.717, 1.165) is 50.9 Å². The minimum atomic E-state index is -5.08. The molecule has 0 aromatic heterocycles. The molecule has 0 spiro atoms. The van der Waals surface area contributed by atoms with E-state index in [1.54, 1.807) is 0 Å². The second-order valence-electron chi connectivity index (χ2n) is 6.98. The predicted octanol–water partition coefficient (Wildman–Crippen LogP) is 2.12. The number of amidine groups is 2. The number of halogens is 6. The number of rotatable bonds is 4. The molecule has 0 bridgehead atoms. The zero-order chi connectivity index (χ0) is 26.5. The van der Waals surface area contributed by atoms with Crippen LogP contribution in [0, 0.1) is 5.92 Å². The van der Waals surface area contributed by atoms with Crippen molar-refractivity contribution in [2.24, 2.45) is 21.6 Å². The van der Waals surface area contributed by atoms with E-state index in [1.165, 1.54) is 7.11 Å². The van der Waals surface area contributed by atoms with Crippen LogP contribution in [0.3, 0.4) is 0 Å². The molecular weight excluding hydrogens is 482 g/mol. The number of carbonyl (C=O) groups is 3. The number of hydrogen-bond acceptors (Lipinski definition) is 8. The summed E-state index contributed by atoms with van der Waals surface area (Å²) in [5.41, 5.74) is 5.88. The second-order valence-corrected chi connectivity index (χ2v) is 6.98. The minimum Gasteiger partial charge on any atom is -0.475 e.